The summed E-state index contributed by atoms with van der Waals surface area (Å²) in [6, 6.07) is 13.2. The Morgan fingerprint density at radius 2 is 1.74 bits per heavy atom. The maximum atomic E-state index is 6.08. The van der Waals surface area contributed by atoms with Gasteiger partial charge in [0.2, 0.25) is 0 Å². The number of ether oxygens (including phenoxy) is 1. The molecule has 0 heterocycles. The van der Waals surface area contributed by atoms with Crippen molar-refractivity contribution in [3.63, 3.8) is 0 Å². The Bertz CT molecular complexity index is 540. The van der Waals surface area contributed by atoms with E-state index >= 15 is 0 Å². The summed E-state index contributed by atoms with van der Waals surface area (Å²) in [7, 11) is 0. The van der Waals surface area contributed by atoms with E-state index in [1.807, 2.05) is 30.3 Å². The number of rotatable bonds is 5. The zero-order valence-corrected chi connectivity index (χ0v) is 11.9. The Kier molecular flexibility index (Phi) is 5.08. The fourth-order valence-electron chi connectivity index (χ4n) is 1.73. The minimum Gasteiger partial charge on any atom is -0.489 e. The Labute approximate surface area is 123 Å². The zero-order valence-electron chi connectivity index (χ0n) is 10.4. The molecule has 0 aliphatic carbocycles. The molecule has 100 valence electrons. The fourth-order valence-corrected chi connectivity index (χ4v) is 2.10. The van der Waals surface area contributed by atoms with Gasteiger partial charge in [-0.25, -0.2) is 0 Å². The van der Waals surface area contributed by atoms with Crippen molar-refractivity contribution in [2.45, 2.75) is 13.0 Å². The van der Waals surface area contributed by atoms with Crippen LogP contribution in [0.4, 0.5) is 0 Å². The predicted molar refractivity (Wildman–Crippen MR) is 80.0 cm³/mol. The summed E-state index contributed by atoms with van der Waals surface area (Å²) in [5, 5.41) is 1.31. The van der Waals surface area contributed by atoms with Gasteiger partial charge in [-0.1, -0.05) is 35.3 Å². The first kappa shape index (κ1) is 14.2. The van der Waals surface area contributed by atoms with Gasteiger partial charge in [0, 0.05) is 15.6 Å². The molecule has 2 nitrogen and oxygen atoms in total. The van der Waals surface area contributed by atoms with E-state index in [-0.39, 0.29) is 0 Å². The van der Waals surface area contributed by atoms with Gasteiger partial charge in [0.1, 0.15) is 12.4 Å². The van der Waals surface area contributed by atoms with Crippen LogP contribution in [0, 0.1) is 0 Å². The first-order valence-electron chi connectivity index (χ1n) is 6.05. The molecule has 0 amide bonds. The van der Waals surface area contributed by atoms with Crippen LogP contribution in [0.15, 0.2) is 42.5 Å². The number of halogens is 2. The minimum absolute atomic E-state index is 0.398. The van der Waals surface area contributed by atoms with Crippen LogP contribution in [0.2, 0.25) is 10.0 Å². The van der Waals surface area contributed by atoms with Crippen LogP contribution in [0.5, 0.6) is 5.75 Å². The quantitative estimate of drug-likeness (QED) is 0.902. The average molecular weight is 296 g/mol. The maximum Gasteiger partial charge on any atom is 0.119 e. The van der Waals surface area contributed by atoms with Crippen molar-refractivity contribution < 1.29 is 4.74 Å². The van der Waals surface area contributed by atoms with Gasteiger partial charge >= 0.3 is 0 Å². The summed E-state index contributed by atoms with van der Waals surface area (Å²) in [6.07, 6.45) is 0.875. The zero-order chi connectivity index (χ0) is 13.7. The van der Waals surface area contributed by atoms with Gasteiger partial charge in [0.25, 0.3) is 0 Å². The molecule has 0 saturated heterocycles. The summed E-state index contributed by atoms with van der Waals surface area (Å²) in [5.41, 5.74) is 7.59. The summed E-state index contributed by atoms with van der Waals surface area (Å²) in [4.78, 5) is 0. The standard InChI is InChI=1S/C15H15Cl2NO/c16-13-3-6-15(17)12(9-13)10-19-14-4-1-11(2-5-14)7-8-18/h1-6,9H,7-8,10,18H2. The van der Waals surface area contributed by atoms with Crippen molar-refractivity contribution >= 4 is 23.2 Å². The molecule has 0 bridgehead atoms. The molecular formula is C15H15Cl2NO. The van der Waals surface area contributed by atoms with E-state index in [1.165, 1.54) is 5.56 Å². The average Bonchev–Trinajstić information content (AvgIpc) is 2.42. The molecule has 2 rings (SSSR count). The molecule has 2 aromatic rings. The Morgan fingerprint density at radius 1 is 1.00 bits per heavy atom. The van der Waals surface area contributed by atoms with Crippen molar-refractivity contribution in [2.24, 2.45) is 5.73 Å². The third kappa shape index (κ3) is 4.13. The van der Waals surface area contributed by atoms with Crippen molar-refractivity contribution in [2.75, 3.05) is 6.54 Å². The topological polar surface area (TPSA) is 35.2 Å². The summed E-state index contributed by atoms with van der Waals surface area (Å²) < 4.78 is 5.69. The second kappa shape index (κ2) is 6.80. The van der Waals surface area contributed by atoms with Crippen LogP contribution in [0.1, 0.15) is 11.1 Å². The molecule has 0 aromatic heterocycles. The van der Waals surface area contributed by atoms with Crippen LogP contribution in [0.3, 0.4) is 0 Å². The second-order valence-electron chi connectivity index (χ2n) is 4.21. The van der Waals surface area contributed by atoms with E-state index in [0.717, 1.165) is 17.7 Å². The van der Waals surface area contributed by atoms with Gasteiger partial charge in [-0.2, -0.15) is 0 Å². The van der Waals surface area contributed by atoms with Crippen LogP contribution in [-0.4, -0.2) is 6.54 Å². The van der Waals surface area contributed by atoms with Crippen molar-refractivity contribution in [1.82, 2.24) is 0 Å². The molecular weight excluding hydrogens is 281 g/mol. The molecule has 19 heavy (non-hydrogen) atoms. The smallest absolute Gasteiger partial charge is 0.119 e. The lowest BCUT2D eigenvalue weighted by Crippen LogP contribution is -2.02. The third-order valence-electron chi connectivity index (χ3n) is 2.76. The highest BCUT2D eigenvalue weighted by molar-refractivity contribution is 6.33. The van der Waals surface area contributed by atoms with Gasteiger partial charge in [0.15, 0.2) is 0 Å². The van der Waals surface area contributed by atoms with E-state index in [9.17, 15) is 0 Å². The summed E-state index contributed by atoms with van der Waals surface area (Å²) in [6.45, 7) is 1.05. The van der Waals surface area contributed by atoms with Crippen LogP contribution >= 0.6 is 23.2 Å². The van der Waals surface area contributed by atoms with Gasteiger partial charge in [-0.15, -0.1) is 0 Å². The lowest BCUT2D eigenvalue weighted by Gasteiger charge is -2.09. The SMILES string of the molecule is NCCc1ccc(OCc2cc(Cl)ccc2Cl)cc1. The predicted octanol–water partition coefficient (Wildman–Crippen LogP) is 4.07. The minimum atomic E-state index is 0.398. The van der Waals surface area contributed by atoms with E-state index in [2.05, 4.69) is 0 Å². The fraction of sp³-hybridized carbons (Fsp3) is 0.200. The third-order valence-corrected chi connectivity index (χ3v) is 3.36. The molecule has 0 unspecified atom stereocenters. The van der Waals surface area contributed by atoms with Gasteiger partial charge in [0.05, 0.1) is 0 Å². The Balaban J connectivity index is 2.00. The number of hydrogen-bond acceptors (Lipinski definition) is 2. The number of hydrogen-bond donors (Lipinski definition) is 1. The number of benzene rings is 2. The van der Waals surface area contributed by atoms with E-state index < -0.39 is 0 Å². The van der Waals surface area contributed by atoms with E-state index in [0.29, 0.717) is 23.2 Å². The van der Waals surface area contributed by atoms with Gasteiger partial charge < -0.3 is 10.5 Å². The Morgan fingerprint density at radius 3 is 2.42 bits per heavy atom. The first-order valence-corrected chi connectivity index (χ1v) is 6.80. The highest BCUT2D eigenvalue weighted by Gasteiger charge is 2.03. The monoisotopic (exact) mass is 295 g/mol. The highest BCUT2D eigenvalue weighted by Crippen LogP contribution is 2.22. The normalized spacial score (nSPS) is 10.5. The molecule has 4 heteroatoms. The van der Waals surface area contributed by atoms with E-state index in [1.54, 1.807) is 12.1 Å². The summed E-state index contributed by atoms with van der Waals surface area (Å²) in [5.74, 6) is 0.803. The van der Waals surface area contributed by atoms with Crippen LogP contribution in [0.25, 0.3) is 0 Å². The van der Waals surface area contributed by atoms with Gasteiger partial charge in [-0.05, 0) is 48.9 Å². The van der Waals surface area contributed by atoms with Crippen LogP contribution < -0.4 is 10.5 Å². The Hall–Kier alpha value is -1.22. The molecule has 0 aliphatic heterocycles. The van der Waals surface area contributed by atoms with Crippen LogP contribution in [-0.2, 0) is 13.0 Å². The maximum absolute atomic E-state index is 6.08. The molecule has 0 radical (unpaired) electrons. The largest absolute Gasteiger partial charge is 0.489 e. The van der Waals surface area contributed by atoms with Crippen molar-refractivity contribution in [3.8, 4) is 5.75 Å². The van der Waals surface area contributed by atoms with Gasteiger partial charge in [-0.3, -0.25) is 0 Å². The molecule has 0 saturated carbocycles. The van der Waals surface area contributed by atoms with Crippen molar-refractivity contribution in [3.05, 3.63) is 63.6 Å². The molecule has 2 N–H and O–H groups in total. The highest BCUT2D eigenvalue weighted by atomic mass is 35.5. The van der Waals surface area contributed by atoms with E-state index in [4.69, 9.17) is 33.7 Å². The molecule has 0 atom stereocenters. The second-order valence-corrected chi connectivity index (χ2v) is 5.05. The molecule has 0 aliphatic rings. The lowest BCUT2D eigenvalue weighted by atomic mass is 10.1. The molecule has 2 aromatic carbocycles. The van der Waals surface area contributed by atoms with Crippen molar-refractivity contribution in [1.29, 1.82) is 0 Å². The lowest BCUT2D eigenvalue weighted by molar-refractivity contribution is 0.306. The molecule has 0 spiro atoms. The molecule has 0 fully saturated rings. The first-order chi connectivity index (χ1) is 9.19. The number of nitrogens with two attached hydrogens (primary N) is 1. The summed E-state index contributed by atoms with van der Waals surface area (Å²) >= 11 is 12.0.